The molecular formula is C20H26N2O6. The molecule has 28 heavy (non-hydrogen) atoms. The van der Waals surface area contributed by atoms with E-state index in [0.29, 0.717) is 12.2 Å². The Balaban J connectivity index is 2.29. The minimum atomic E-state index is -0.676. The van der Waals surface area contributed by atoms with E-state index in [1.807, 2.05) is 24.3 Å². The standard InChI is InChI=1S/C20H26N2O6/c1-6-26-18(23)16-17(27-12-21-16)15(22-19(24)28-20(2,3)4)11-13-7-9-14(25-5)10-8-13/h7-10,12,15H,6,11H2,1-5H3,(H,22,24)/t15-/m0/s1. The average molecular weight is 390 g/mol. The number of aromatic nitrogens is 1. The number of rotatable bonds is 7. The Kier molecular flexibility index (Phi) is 7.03. The highest BCUT2D eigenvalue weighted by Gasteiger charge is 2.29. The van der Waals surface area contributed by atoms with Gasteiger partial charge in [0.25, 0.3) is 0 Å². The maximum absolute atomic E-state index is 12.3. The van der Waals surface area contributed by atoms with Crippen LogP contribution in [0.4, 0.5) is 4.79 Å². The summed E-state index contributed by atoms with van der Waals surface area (Å²) in [7, 11) is 1.59. The first kappa shape index (κ1) is 21.3. The number of carbonyl (C=O) groups excluding carboxylic acids is 2. The first-order valence-electron chi connectivity index (χ1n) is 8.96. The van der Waals surface area contributed by atoms with E-state index in [9.17, 15) is 9.59 Å². The average Bonchev–Trinajstić information content (AvgIpc) is 3.10. The van der Waals surface area contributed by atoms with E-state index in [4.69, 9.17) is 18.6 Å². The molecule has 1 atom stereocenters. The minimum Gasteiger partial charge on any atom is -0.497 e. The number of alkyl carbamates (subject to hydrolysis) is 1. The van der Waals surface area contributed by atoms with E-state index in [1.54, 1.807) is 34.8 Å². The van der Waals surface area contributed by atoms with Gasteiger partial charge in [-0.1, -0.05) is 12.1 Å². The van der Waals surface area contributed by atoms with Crippen LogP contribution in [0.5, 0.6) is 5.75 Å². The number of esters is 1. The fraction of sp³-hybridized carbons (Fsp3) is 0.450. The molecule has 0 fully saturated rings. The zero-order valence-corrected chi connectivity index (χ0v) is 16.8. The quantitative estimate of drug-likeness (QED) is 0.720. The van der Waals surface area contributed by atoms with Crippen LogP contribution < -0.4 is 10.1 Å². The van der Waals surface area contributed by atoms with Gasteiger partial charge < -0.3 is 23.9 Å². The molecule has 2 aromatic rings. The van der Waals surface area contributed by atoms with Gasteiger partial charge in [0.1, 0.15) is 11.4 Å². The van der Waals surface area contributed by atoms with Crippen molar-refractivity contribution >= 4 is 12.1 Å². The van der Waals surface area contributed by atoms with E-state index in [0.717, 1.165) is 12.0 Å². The van der Waals surface area contributed by atoms with E-state index in [1.165, 1.54) is 0 Å². The molecule has 0 aliphatic carbocycles. The zero-order valence-electron chi connectivity index (χ0n) is 16.8. The van der Waals surface area contributed by atoms with Gasteiger partial charge >= 0.3 is 12.1 Å². The zero-order chi connectivity index (χ0) is 20.7. The summed E-state index contributed by atoms with van der Waals surface area (Å²) in [5.74, 6) is 0.310. The van der Waals surface area contributed by atoms with Gasteiger partial charge in [-0.15, -0.1) is 0 Å². The molecule has 0 aliphatic heterocycles. The Bertz CT molecular complexity index is 792. The van der Waals surface area contributed by atoms with Gasteiger partial charge in [0.2, 0.25) is 0 Å². The van der Waals surface area contributed by atoms with Crippen molar-refractivity contribution in [3.63, 3.8) is 0 Å². The number of ether oxygens (including phenoxy) is 3. The molecule has 0 unspecified atom stereocenters. The number of oxazole rings is 1. The van der Waals surface area contributed by atoms with Crippen molar-refractivity contribution in [3.8, 4) is 5.75 Å². The number of methoxy groups -OCH3 is 1. The third-order valence-corrected chi connectivity index (χ3v) is 3.67. The first-order chi connectivity index (χ1) is 13.2. The lowest BCUT2D eigenvalue weighted by molar-refractivity contribution is 0.0476. The summed E-state index contributed by atoms with van der Waals surface area (Å²) in [5.41, 5.74) is 0.254. The fourth-order valence-electron chi connectivity index (χ4n) is 2.51. The van der Waals surface area contributed by atoms with Crippen LogP contribution in [-0.2, 0) is 15.9 Å². The number of hydrogen-bond acceptors (Lipinski definition) is 7. The van der Waals surface area contributed by atoms with Crippen molar-refractivity contribution in [2.75, 3.05) is 13.7 Å². The molecule has 2 rings (SSSR count). The summed E-state index contributed by atoms with van der Waals surface area (Å²) in [4.78, 5) is 28.5. The van der Waals surface area contributed by atoms with Gasteiger partial charge in [0.05, 0.1) is 19.8 Å². The predicted octanol–water partition coefficient (Wildman–Crippen LogP) is 3.67. The number of hydrogen-bond donors (Lipinski definition) is 1. The smallest absolute Gasteiger partial charge is 0.408 e. The molecule has 0 saturated carbocycles. The second kappa shape index (κ2) is 9.25. The van der Waals surface area contributed by atoms with Crippen LogP contribution in [0, 0.1) is 0 Å². The van der Waals surface area contributed by atoms with Crippen LogP contribution in [0.1, 0.15) is 55.5 Å². The fourth-order valence-corrected chi connectivity index (χ4v) is 2.51. The van der Waals surface area contributed by atoms with Crippen LogP contribution >= 0.6 is 0 Å². The van der Waals surface area contributed by atoms with E-state index < -0.39 is 23.7 Å². The highest BCUT2D eigenvalue weighted by Crippen LogP contribution is 2.24. The molecule has 1 aromatic carbocycles. The maximum Gasteiger partial charge on any atom is 0.408 e. The molecule has 1 heterocycles. The highest BCUT2D eigenvalue weighted by atomic mass is 16.6. The normalized spacial score (nSPS) is 12.2. The summed E-state index contributed by atoms with van der Waals surface area (Å²) in [6, 6.07) is 6.68. The van der Waals surface area contributed by atoms with Crippen LogP contribution in [0.3, 0.4) is 0 Å². The van der Waals surface area contributed by atoms with E-state index >= 15 is 0 Å². The molecule has 0 aliphatic rings. The van der Waals surface area contributed by atoms with Crippen molar-refractivity contribution in [2.24, 2.45) is 0 Å². The second-order valence-corrected chi connectivity index (χ2v) is 7.04. The Labute approximate surface area is 164 Å². The lowest BCUT2D eigenvalue weighted by Crippen LogP contribution is -2.36. The number of nitrogens with zero attached hydrogens (tertiary/aromatic N) is 1. The molecule has 8 heteroatoms. The highest BCUT2D eigenvalue weighted by molar-refractivity contribution is 5.88. The van der Waals surface area contributed by atoms with Crippen molar-refractivity contribution in [2.45, 2.75) is 45.8 Å². The Morgan fingerprint density at radius 2 is 1.89 bits per heavy atom. The third kappa shape index (κ3) is 6.00. The van der Waals surface area contributed by atoms with Crippen LogP contribution in [0.25, 0.3) is 0 Å². The number of amides is 1. The van der Waals surface area contributed by atoms with Crippen molar-refractivity contribution in [1.29, 1.82) is 0 Å². The van der Waals surface area contributed by atoms with Gasteiger partial charge in [-0.2, -0.15) is 0 Å². The van der Waals surface area contributed by atoms with Crippen LogP contribution in [0.15, 0.2) is 35.1 Å². The topological polar surface area (TPSA) is 99.9 Å². The lowest BCUT2D eigenvalue weighted by Gasteiger charge is -2.23. The molecule has 152 valence electrons. The monoisotopic (exact) mass is 390 g/mol. The SMILES string of the molecule is CCOC(=O)c1ncoc1[C@H](Cc1ccc(OC)cc1)NC(=O)OC(C)(C)C. The van der Waals surface area contributed by atoms with Crippen LogP contribution in [-0.4, -0.2) is 36.4 Å². The molecule has 0 bridgehead atoms. The molecule has 0 radical (unpaired) electrons. The van der Waals surface area contributed by atoms with Gasteiger partial charge in [-0.25, -0.2) is 14.6 Å². The molecule has 1 amide bonds. The van der Waals surface area contributed by atoms with Crippen molar-refractivity contribution in [1.82, 2.24) is 10.3 Å². The molecule has 1 aromatic heterocycles. The van der Waals surface area contributed by atoms with Gasteiger partial charge in [-0.3, -0.25) is 0 Å². The largest absolute Gasteiger partial charge is 0.497 e. The van der Waals surface area contributed by atoms with E-state index in [-0.39, 0.29) is 18.1 Å². The number of benzene rings is 1. The summed E-state index contributed by atoms with van der Waals surface area (Å²) in [6.45, 7) is 7.20. The summed E-state index contributed by atoms with van der Waals surface area (Å²) >= 11 is 0. The molecule has 8 nitrogen and oxygen atoms in total. The Morgan fingerprint density at radius 3 is 2.46 bits per heavy atom. The minimum absolute atomic E-state index is 0.0245. The molecular weight excluding hydrogens is 364 g/mol. The molecule has 1 N–H and O–H groups in total. The first-order valence-corrected chi connectivity index (χ1v) is 8.96. The summed E-state index contributed by atoms with van der Waals surface area (Å²) < 4.78 is 21.0. The van der Waals surface area contributed by atoms with Gasteiger partial charge in [0.15, 0.2) is 17.8 Å². The van der Waals surface area contributed by atoms with Gasteiger partial charge in [0, 0.05) is 6.42 Å². The van der Waals surface area contributed by atoms with Gasteiger partial charge in [-0.05, 0) is 45.4 Å². The van der Waals surface area contributed by atoms with Crippen LogP contribution in [0.2, 0.25) is 0 Å². The summed E-state index contributed by atoms with van der Waals surface area (Å²) in [5, 5.41) is 2.76. The predicted molar refractivity (Wildman–Crippen MR) is 101 cm³/mol. The van der Waals surface area contributed by atoms with E-state index in [2.05, 4.69) is 10.3 Å². The van der Waals surface area contributed by atoms with Crippen molar-refractivity contribution in [3.05, 3.63) is 47.7 Å². The molecule has 0 saturated heterocycles. The summed E-state index contributed by atoms with van der Waals surface area (Å²) in [6.07, 6.45) is 0.877. The second-order valence-electron chi connectivity index (χ2n) is 7.04. The maximum atomic E-state index is 12.3. The Morgan fingerprint density at radius 1 is 1.21 bits per heavy atom. The third-order valence-electron chi connectivity index (χ3n) is 3.67. The van der Waals surface area contributed by atoms with Crippen molar-refractivity contribution < 1.29 is 28.2 Å². The number of carbonyl (C=O) groups is 2. The number of nitrogens with one attached hydrogen (secondary N) is 1. The Hall–Kier alpha value is -3.03. The molecule has 0 spiro atoms. The lowest BCUT2D eigenvalue weighted by atomic mass is 10.0.